The molecule has 0 fully saturated rings. The van der Waals surface area contributed by atoms with Crippen LogP contribution < -0.4 is 21.9 Å². The van der Waals surface area contributed by atoms with Gasteiger partial charge in [-0.3, -0.25) is 9.78 Å². The molecular weight excluding hydrogens is 392 g/mol. The van der Waals surface area contributed by atoms with E-state index in [0.717, 1.165) is 5.56 Å². The van der Waals surface area contributed by atoms with Gasteiger partial charge in [0.05, 0.1) is 23.0 Å². The number of aromatic nitrogens is 3. The number of amides is 2. The SMILES string of the molecule is CC1=C(c2nc(-c3ccc(C#N)cc3)cs2)C(c2cc(=O)[nH]c(=O)[nH]2)NC(=O)N1. The smallest absolute Gasteiger partial charge is 0.325 e. The highest BCUT2D eigenvalue weighted by atomic mass is 32.1. The number of carbonyl (C=O) groups excluding carboxylic acids is 1. The standard InChI is InChI=1S/C19H14N6O3S/c1-9-15(16(25-18(27)21-9)12-6-14(26)24-19(28)23-12)17-22-13(8-29-17)11-4-2-10(7-20)3-5-11/h2-6,8,16H,1H3,(H2,21,25,27)(H2,23,24,26,28). The second-order valence-electron chi connectivity index (χ2n) is 6.34. The quantitative estimate of drug-likeness (QED) is 0.525. The second kappa shape index (κ2) is 7.21. The Morgan fingerprint density at radius 3 is 2.59 bits per heavy atom. The lowest BCUT2D eigenvalue weighted by atomic mass is 10.00. The highest BCUT2D eigenvalue weighted by molar-refractivity contribution is 7.11. The predicted octanol–water partition coefficient (Wildman–Crippen LogP) is 1.84. The molecule has 0 bridgehead atoms. The Morgan fingerprint density at radius 2 is 1.90 bits per heavy atom. The van der Waals surface area contributed by atoms with Gasteiger partial charge in [-0.2, -0.15) is 5.26 Å². The summed E-state index contributed by atoms with van der Waals surface area (Å²) in [6, 6.07) is 9.18. The largest absolute Gasteiger partial charge is 0.325 e. The fraction of sp³-hybridized carbons (Fsp3) is 0.105. The van der Waals surface area contributed by atoms with Crippen LogP contribution in [0.5, 0.6) is 0 Å². The number of carbonyl (C=O) groups is 1. The van der Waals surface area contributed by atoms with Gasteiger partial charge >= 0.3 is 11.7 Å². The molecular formula is C19H14N6O3S. The van der Waals surface area contributed by atoms with Gasteiger partial charge in [0.25, 0.3) is 5.56 Å². The number of rotatable bonds is 3. The Kier molecular flexibility index (Phi) is 4.58. The summed E-state index contributed by atoms with van der Waals surface area (Å²) in [6.45, 7) is 1.73. The molecule has 144 valence electrons. The molecule has 0 saturated carbocycles. The lowest BCUT2D eigenvalue weighted by Crippen LogP contribution is -2.44. The van der Waals surface area contributed by atoms with Crippen LogP contribution in [0.15, 0.2) is 51.0 Å². The number of hydrogen-bond donors (Lipinski definition) is 4. The van der Waals surface area contributed by atoms with E-state index in [1.165, 1.54) is 17.4 Å². The first-order valence-corrected chi connectivity index (χ1v) is 9.41. The Morgan fingerprint density at radius 1 is 1.14 bits per heavy atom. The first-order valence-electron chi connectivity index (χ1n) is 8.53. The minimum atomic E-state index is -0.737. The number of benzene rings is 1. The average Bonchev–Trinajstić information content (AvgIpc) is 3.16. The third kappa shape index (κ3) is 3.59. The minimum absolute atomic E-state index is 0.262. The normalized spacial score (nSPS) is 16.1. The fourth-order valence-corrected chi connectivity index (χ4v) is 4.06. The van der Waals surface area contributed by atoms with E-state index in [2.05, 4.69) is 31.7 Å². The van der Waals surface area contributed by atoms with Crippen molar-refractivity contribution in [3.63, 3.8) is 0 Å². The zero-order valence-corrected chi connectivity index (χ0v) is 15.9. The van der Waals surface area contributed by atoms with Gasteiger partial charge in [0.15, 0.2) is 0 Å². The van der Waals surface area contributed by atoms with Gasteiger partial charge < -0.3 is 15.6 Å². The molecule has 4 rings (SSSR count). The number of thiazole rings is 1. The van der Waals surface area contributed by atoms with Gasteiger partial charge in [-0.25, -0.2) is 14.6 Å². The van der Waals surface area contributed by atoms with Crippen LogP contribution in [0.4, 0.5) is 4.79 Å². The van der Waals surface area contributed by atoms with E-state index < -0.39 is 23.3 Å². The molecule has 10 heteroatoms. The third-order valence-corrected chi connectivity index (χ3v) is 5.28. The minimum Gasteiger partial charge on any atom is -0.325 e. The summed E-state index contributed by atoms with van der Waals surface area (Å²) in [4.78, 5) is 44.8. The van der Waals surface area contributed by atoms with Crippen molar-refractivity contribution in [3.8, 4) is 17.3 Å². The zero-order chi connectivity index (χ0) is 20.5. The van der Waals surface area contributed by atoms with E-state index in [0.29, 0.717) is 27.5 Å². The molecule has 3 aromatic rings. The first kappa shape index (κ1) is 18.4. The van der Waals surface area contributed by atoms with E-state index in [4.69, 9.17) is 5.26 Å². The van der Waals surface area contributed by atoms with Crippen molar-refractivity contribution in [2.45, 2.75) is 13.0 Å². The highest BCUT2D eigenvalue weighted by Gasteiger charge is 2.30. The van der Waals surface area contributed by atoms with Crippen molar-refractivity contribution in [3.05, 3.63) is 78.5 Å². The average molecular weight is 406 g/mol. The summed E-state index contributed by atoms with van der Waals surface area (Å²) in [5, 5.41) is 16.9. The Labute approximate surface area is 167 Å². The summed E-state index contributed by atoms with van der Waals surface area (Å²) in [5.74, 6) is 0. The van der Waals surface area contributed by atoms with E-state index in [1.54, 1.807) is 19.1 Å². The number of aromatic amines is 2. The number of hydrogen-bond acceptors (Lipinski definition) is 6. The molecule has 0 spiro atoms. The van der Waals surface area contributed by atoms with Crippen molar-refractivity contribution >= 4 is 22.9 Å². The highest BCUT2D eigenvalue weighted by Crippen LogP contribution is 2.36. The van der Waals surface area contributed by atoms with Crippen LogP contribution in [-0.4, -0.2) is 21.0 Å². The Hall–Kier alpha value is -3.97. The van der Waals surface area contributed by atoms with Gasteiger partial charge in [-0.05, 0) is 19.1 Å². The number of urea groups is 1. The first-order chi connectivity index (χ1) is 13.9. The number of H-pyrrole nitrogens is 2. The number of nitrogens with one attached hydrogen (secondary N) is 4. The summed E-state index contributed by atoms with van der Waals surface area (Å²) >= 11 is 1.37. The summed E-state index contributed by atoms with van der Waals surface area (Å²) in [6.07, 6.45) is 0. The van der Waals surface area contributed by atoms with Crippen LogP contribution >= 0.6 is 11.3 Å². The van der Waals surface area contributed by atoms with Crippen LogP contribution in [-0.2, 0) is 0 Å². The second-order valence-corrected chi connectivity index (χ2v) is 7.20. The van der Waals surface area contributed by atoms with Crippen molar-refractivity contribution < 1.29 is 4.79 Å². The molecule has 1 atom stereocenters. The maximum atomic E-state index is 12.0. The number of nitriles is 1. The Bertz CT molecular complexity index is 1260. The fourth-order valence-electron chi connectivity index (χ4n) is 3.10. The van der Waals surface area contributed by atoms with Crippen molar-refractivity contribution in [2.75, 3.05) is 0 Å². The molecule has 0 aliphatic carbocycles. The molecule has 2 amide bonds. The lowest BCUT2D eigenvalue weighted by molar-refractivity contribution is 0.240. The maximum Gasteiger partial charge on any atom is 0.325 e. The molecule has 1 aliphatic heterocycles. The molecule has 3 heterocycles. The van der Waals surface area contributed by atoms with Gasteiger partial charge in [0, 0.05) is 28.3 Å². The summed E-state index contributed by atoms with van der Waals surface area (Å²) in [5.41, 5.74) is 2.37. The molecule has 2 aromatic heterocycles. The lowest BCUT2D eigenvalue weighted by Gasteiger charge is -2.27. The van der Waals surface area contributed by atoms with Crippen LogP contribution in [0.1, 0.15) is 29.2 Å². The topological polar surface area (TPSA) is 144 Å². The summed E-state index contributed by atoms with van der Waals surface area (Å²) in [7, 11) is 0. The van der Waals surface area contributed by atoms with E-state index in [1.807, 2.05) is 17.5 Å². The van der Waals surface area contributed by atoms with Crippen LogP contribution in [0.25, 0.3) is 16.8 Å². The third-order valence-electron chi connectivity index (χ3n) is 4.41. The number of nitrogens with zero attached hydrogens (tertiary/aromatic N) is 2. The van der Waals surface area contributed by atoms with Gasteiger partial charge in [0.2, 0.25) is 0 Å². The maximum absolute atomic E-state index is 12.0. The molecule has 9 nitrogen and oxygen atoms in total. The van der Waals surface area contributed by atoms with E-state index in [-0.39, 0.29) is 5.69 Å². The van der Waals surface area contributed by atoms with E-state index in [9.17, 15) is 14.4 Å². The van der Waals surface area contributed by atoms with E-state index >= 15 is 0 Å². The monoisotopic (exact) mass is 406 g/mol. The van der Waals surface area contributed by atoms with Crippen molar-refractivity contribution in [2.24, 2.45) is 0 Å². The number of allylic oxidation sites excluding steroid dienone is 1. The van der Waals surface area contributed by atoms with Crippen LogP contribution in [0, 0.1) is 11.3 Å². The molecule has 29 heavy (non-hydrogen) atoms. The Balaban J connectivity index is 1.78. The molecule has 4 N–H and O–H groups in total. The molecule has 0 saturated heterocycles. The van der Waals surface area contributed by atoms with Crippen molar-refractivity contribution in [1.82, 2.24) is 25.6 Å². The molecule has 1 unspecified atom stereocenters. The van der Waals surface area contributed by atoms with Crippen molar-refractivity contribution in [1.29, 1.82) is 5.26 Å². The van der Waals surface area contributed by atoms with Gasteiger partial charge in [-0.15, -0.1) is 11.3 Å². The molecule has 1 aromatic carbocycles. The molecule has 1 aliphatic rings. The van der Waals surface area contributed by atoms with Gasteiger partial charge in [-0.1, -0.05) is 12.1 Å². The zero-order valence-electron chi connectivity index (χ0n) is 15.1. The van der Waals surface area contributed by atoms with Crippen LogP contribution in [0.3, 0.4) is 0 Å². The summed E-state index contributed by atoms with van der Waals surface area (Å²) < 4.78 is 0. The van der Waals surface area contributed by atoms with Gasteiger partial charge in [0.1, 0.15) is 11.0 Å². The predicted molar refractivity (Wildman–Crippen MR) is 107 cm³/mol. The molecule has 0 radical (unpaired) electrons. The van der Waals surface area contributed by atoms with Crippen LogP contribution in [0.2, 0.25) is 0 Å².